The summed E-state index contributed by atoms with van der Waals surface area (Å²) in [5.41, 5.74) is 0. The zero-order valence-corrected chi connectivity index (χ0v) is 11.7. The van der Waals surface area contributed by atoms with Crippen LogP contribution in [0.5, 0.6) is 0 Å². The summed E-state index contributed by atoms with van der Waals surface area (Å²) in [5, 5.41) is 1.13. The fraction of sp³-hybridized carbons (Fsp3) is 0.545. The molecule has 0 unspecified atom stereocenters. The summed E-state index contributed by atoms with van der Waals surface area (Å²) in [7, 11) is 0. The molecule has 1 aliphatic rings. The van der Waals surface area contributed by atoms with Gasteiger partial charge in [-0.3, -0.25) is 0 Å². The zero-order valence-electron chi connectivity index (χ0n) is 8.50. The van der Waals surface area contributed by atoms with E-state index in [0.717, 1.165) is 34.8 Å². The number of piperidine rings is 1. The smallest absolute Gasteiger partial charge is 0.129 e. The highest BCUT2D eigenvalue weighted by Crippen LogP contribution is 2.23. The standard InChI is InChI=1S/C11H14Br2N2/c12-8-9-4-6-15(7-5-9)11-3-1-2-10(13)14-11/h1-3,9H,4-8H2. The van der Waals surface area contributed by atoms with Crippen molar-refractivity contribution >= 4 is 37.7 Å². The summed E-state index contributed by atoms with van der Waals surface area (Å²) in [6.45, 7) is 2.25. The van der Waals surface area contributed by atoms with E-state index in [1.807, 2.05) is 12.1 Å². The maximum absolute atomic E-state index is 4.48. The summed E-state index contributed by atoms with van der Waals surface area (Å²) in [6.07, 6.45) is 2.53. The Kier molecular flexibility index (Phi) is 4.03. The summed E-state index contributed by atoms with van der Waals surface area (Å²) < 4.78 is 0.919. The van der Waals surface area contributed by atoms with Crippen LogP contribution in [-0.4, -0.2) is 23.4 Å². The van der Waals surface area contributed by atoms with E-state index in [9.17, 15) is 0 Å². The first-order chi connectivity index (χ1) is 7.29. The highest BCUT2D eigenvalue weighted by atomic mass is 79.9. The van der Waals surface area contributed by atoms with Gasteiger partial charge in [0.05, 0.1) is 0 Å². The third-order valence-corrected chi connectivity index (χ3v) is 4.21. The second kappa shape index (κ2) is 5.30. The lowest BCUT2D eigenvalue weighted by atomic mass is 9.99. The van der Waals surface area contributed by atoms with Gasteiger partial charge < -0.3 is 4.90 Å². The Bertz CT molecular complexity index is 322. The van der Waals surface area contributed by atoms with Crippen molar-refractivity contribution in [2.45, 2.75) is 12.8 Å². The largest absolute Gasteiger partial charge is 0.357 e. The Hall–Kier alpha value is -0.0900. The van der Waals surface area contributed by atoms with Gasteiger partial charge in [-0.05, 0) is 46.8 Å². The second-order valence-corrected chi connectivity index (χ2v) is 5.36. The minimum atomic E-state index is 0.841. The number of anilines is 1. The van der Waals surface area contributed by atoms with E-state index in [1.54, 1.807) is 0 Å². The first kappa shape index (κ1) is 11.4. The second-order valence-electron chi connectivity index (χ2n) is 3.90. The predicted octanol–water partition coefficient (Wildman–Crippen LogP) is 3.46. The molecule has 1 aliphatic heterocycles. The molecule has 1 aromatic rings. The van der Waals surface area contributed by atoms with Gasteiger partial charge in [-0.15, -0.1) is 0 Å². The van der Waals surface area contributed by atoms with E-state index in [0.29, 0.717) is 0 Å². The Labute approximate surface area is 107 Å². The molecule has 0 atom stereocenters. The molecule has 2 rings (SSSR count). The summed E-state index contributed by atoms with van der Waals surface area (Å²) in [4.78, 5) is 6.84. The number of pyridine rings is 1. The molecule has 0 spiro atoms. The van der Waals surface area contributed by atoms with Crippen molar-refractivity contribution in [2.24, 2.45) is 5.92 Å². The third-order valence-electron chi connectivity index (χ3n) is 2.86. The number of rotatable bonds is 2. The molecule has 1 saturated heterocycles. The molecule has 2 nitrogen and oxygen atoms in total. The van der Waals surface area contributed by atoms with E-state index in [2.05, 4.69) is 47.8 Å². The van der Waals surface area contributed by atoms with Crippen LogP contribution in [0.4, 0.5) is 5.82 Å². The lowest BCUT2D eigenvalue weighted by Gasteiger charge is -2.32. The van der Waals surface area contributed by atoms with E-state index in [1.165, 1.54) is 12.8 Å². The summed E-state index contributed by atoms with van der Waals surface area (Å²) >= 11 is 6.97. The maximum Gasteiger partial charge on any atom is 0.129 e. The fourth-order valence-corrected chi connectivity index (χ4v) is 2.87. The Morgan fingerprint density at radius 1 is 1.33 bits per heavy atom. The molecule has 0 aliphatic carbocycles. The molecule has 2 heterocycles. The minimum Gasteiger partial charge on any atom is -0.357 e. The van der Waals surface area contributed by atoms with Crippen molar-refractivity contribution in [1.29, 1.82) is 0 Å². The molecule has 1 fully saturated rings. The predicted molar refractivity (Wildman–Crippen MR) is 70.7 cm³/mol. The molecule has 0 aromatic carbocycles. The molecule has 82 valence electrons. The van der Waals surface area contributed by atoms with Crippen LogP contribution in [0.2, 0.25) is 0 Å². The maximum atomic E-state index is 4.48. The minimum absolute atomic E-state index is 0.841. The lowest BCUT2D eigenvalue weighted by molar-refractivity contribution is 0.445. The molecule has 0 bridgehead atoms. The molecule has 0 radical (unpaired) electrons. The highest BCUT2D eigenvalue weighted by molar-refractivity contribution is 9.10. The van der Waals surface area contributed by atoms with Gasteiger partial charge in [0, 0.05) is 18.4 Å². The molecule has 0 saturated carbocycles. The van der Waals surface area contributed by atoms with Crippen molar-refractivity contribution in [3.8, 4) is 0 Å². The van der Waals surface area contributed by atoms with Crippen LogP contribution < -0.4 is 4.90 Å². The van der Waals surface area contributed by atoms with Crippen LogP contribution in [0.15, 0.2) is 22.8 Å². The van der Waals surface area contributed by atoms with Crippen molar-refractivity contribution in [3.05, 3.63) is 22.8 Å². The van der Waals surface area contributed by atoms with Crippen molar-refractivity contribution in [1.82, 2.24) is 4.98 Å². The van der Waals surface area contributed by atoms with Crippen LogP contribution in [-0.2, 0) is 0 Å². The van der Waals surface area contributed by atoms with E-state index in [4.69, 9.17) is 0 Å². The first-order valence-corrected chi connectivity index (χ1v) is 7.14. The molecule has 0 N–H and O–H groups in total. The Morgan fingerprint density at radius 2 is 2.07 bits per heavy atom. The molecule has 1 aromatic heterocycles. The monoisotopic (exact) mass is 332 g/mol. The van der Waals surface area contributed by atoms with Gasteiger partial charge in [-0.1, -0.05) is 22.0 Å². The summed E-state index contributed by atoms with van der Waals surface area (Å²) in [6, 6.07) is 6.09. The van der Waals surface area contributed by atoms with Crippen molar-refractivity contribution in [3.63, 3.8) is 0 Å². The van der Waals surface area contributed by atoms with E-state index in [-0.39, 0.29) is 0 Å². The molecule has 15 heavy (non-hydrogen) atoms. The Morgan fingerprint density at radius 3 is 2.67 bits per heavy atom. The van der Waals surface area contributed by atoms with Crippen LogP contribution in [0.1, 0.15) is 12.8 Å². The van der Waals surface area contributed by atoms with Crippen LogP contribution >= 0.6 is 31.9 Å². The number of nitrogens with zero attached hydrogens (tertiary/aromatic N) is 2. The van der Waals surface area contributed by atoms with Gasteiger partial charge in [0.15, 0.2) is 0 Å². The van der Waals surface area contributed by atoms with Gasteiger partial charge >= 0.3 is 0 Å². The molecular weight excluding hydrogens is 320 g/mol. The topological polar surface area (TPSA) is 16.1 Å². The van der Waals surface area contributed by atoms with E-state index < -0.39 is 0 Å². The third kappa shape index (κ3) is 2.94. The van der Waals surface area contributed by atoms with Crippen LogP contribution in [0.3, 0.4) is 0 Å². The van der Waals surface area contributed by atoms with Gasteiger partial charge in [-0.25, -0.2) is 4.98 Å². The zero-order chi connectivity index (χ0) is 10.7. The van der Waals surface area contributed by atoms with E-state index >= 15 is 0 Å². The molecular formula is C11H14Br2N2. The van der Waals surface area contributed by atoms with Crippen molar-refractivity contribution in [2.75, 3.05) is 23.3 Å². The SMILES string of the molecule is BrCC1CCN(c2cccc(Br)n2)CC1. The fourth-order valence-electron chi connectivity index (χ4n) is 1.89. The van der Waals surface area contributed by atoms with Crippen LogP contribution in [0, 0.1) is 5.92 Å². The van der Waals surface area contributed by atoms with Gasteiger partial charge in [0.1, 0.15) is 10.4 Å². The number of aromatic nitrogens is 1. The van der Waals surface area contributed by atoms with Gasteiger partial charge in [0.2, 0.25) is 0 Å². The average molecular weight is 334 g/mol. The van der Waals surface area contributed by atoms with Gasteiger partial charge in [0.25, 0.3) is 0 Å². The number of hydrogen-bond acceptors (Lipinski definition) is 2. The number of halogens is 2. The first-order valence-electron chi connectivity index (χ1n) is 5.23. The molecule has 0 amide bonds. The number of hydrogen-bond donors (Lipinski definition) is 0. The highest BCUT2D eigenvalue weighted by Gasteiger charge is 2.18. The molecule has 4 heteroatoms. The Balaban J connectivity index is 2.01. The summed E-state index contributed by atoms with van der Waals surface area (Å²) in [5.74, 6) is 1.94. The van der Waals surface area contributed by atoms with Gasteiger partial charge in [-0.2, -0.15) is 0 Å². The lowest BCUT2D eigenvalue weighted by Crippen LogP contribution is -2.34. The number of alkyl halides is 1. The van der Waals surface area contributed by atoms with Crippen LogP contribution in [0.25, 0.3) is 0 Å². The van der Waals surface area contributed by atoms with Crippen molar-refractivity contribution < 1.29 is 0 Å². The quantitative estimate of drug-likeness (QED) is 0.608. The average Bonchev–Trinajstić information content (AvgIpc) is 2.29. The normalized spacial score (nSPS) is 18.1.